The number of aryl methyl sites for hydroxylation is 1. The number of esters is 1. The number of hydrogen-bond donors (Lipinski definition) is 1. The molecule has 112 valence electrons. The Bertz CT molecular complexity index is 757. The minimum atomic E-state index is -0.801. The van der Waals surface area contributed by atoms with Crippen molar-refractivity contribution < 1.29 is 14.3 Å². The molecule has 4 nitrogen and oxygen atoms in total. The quantitative estimate of drug-likeness (QED) is 0.835. The summed E-state index contributed by atoms with van der Waals surface area (Å²) in [5.41, 5.74) is 3.02. The first-order valence-electron chi connectivity index (χ1n) is 6.90. The highest BCUT2D eigenvalue weighted by Gasteiger charge is 2.31. The third kappa shape index (κ3) is 2.90. The fraction of sp³-hybridized carbons (Fsp3) is 0.176. The number of carbonyl (C=O) groups is 2. The van der Waals surface area contributed by atoms with E-state index in [1.807, 2.05) is 37.3 Å². The van der Waals surface area contributed by atoms with Crippen molar-refractivity contribution >= 4 is 33.5 Å². The van der Waals surface area contributed by atoms with Gasteiger partial charge in [0.1, 0.15) is 0 Å². The van der Waals surface area contributed by atoms with E-state index < -0.39 is 12.1 Å². The van der Waals surface area contributed by atoms with Gasteiger partial charge in [0.2, 0.25) is 0 Å². The van der Waals surface area contributed by atoms with Crippen LogP contribution in [0.3, 0.4) is 0 Å². The number of amides is 1. The van der Waals surface area contributed by atoms with Crippen molar-refractivity contribution in [1.29, 1.82) is 0 Å². The molecule has 0 saturated carbocycles. The smallest absolute Gasteiger partial charge is 0.339 e. The largest absolute Gasteiger partial charge is 0.448 e. The number of ether oxygens (including phenoxy) is 1. The van der Waals surface area contributed by atoms with Gasteiger partial charge in [0.25, 0.3) is 5.91 Å². The van der Waals surface area contributed by atoms with Crippen LogP contribution in [0.25, 0.3) is 0 Å². The monoisotopic (exact) mass is 359 g/mol. The van der Waals surface area contributed by atoms with Gasteiger partial charge in [-0.1, -0.05) is 34.1 Å². The summed E-state index contributed by atoms with van der Waals surface area (Å²) in [5.74, 6) is -0.761. The van der Waals surface area contributed by atoms with E-state index in [1.54, 1.807) is 12.1 Å². The summed E-state index contributed by atoms with van der Waals surface area (Å²) < 4.78 is 6.20. The van der Waals surface area contributed by atoms with Crippen LogP contribution in [0.1, 0.15) is 21.5 Å². The number of halogens is 1. The number of anilines is 1. The number of fused-ring (bicyclic) bond motifs is 1. The van der Waals surface area contributed by atoms with Crippen molar-refractivity contribution in [3.8, 4) is 0 Å². The summed E-state index contributed by atoms with van der Waals surface area (Å²) in [6, 6.07) is 12.8. The van der Waals surface area contributed by atoms with E-state index in [4.69, 9.17) is 4.74 Å². The molecule has 1 heterocycles. The summed E-state index contributed by atoms with van der Waals surface area (Å²) in [7, 11) is 0. The molecular formula is C17H14BrNO3. The Labute approximate surface area is 136 Å². The molecule has 0 unspecified atom stereocenters. The van der Waals surface area contributed by atoms with Gasteiger partial charge in [0, 0.05) is 16.6 Å². The van der Waals surface area contributed by atoms with E-state index in [1.165, 1.54) is 0 Å². The standard InChI is InChI=1S/C17H14BrNO3/c1-10-8-12(18)6-7-14(10)19-16(20)15-9-11-4-2-3-5-13(11)17(21)22-15/h2-8,15H,9H2,1H3,(H,19,20)/t15-/m0/s1. The number of cyclic esters (lactones) is 1. The lowest BCUT2D eigenvalue weighted by atomic mass is 9.98. The van der Waals surface area contributed by atoms with Crippen LogP contribution in [0, 0.1) is 6.92 Å². The van der Waals surface area contributed by atoms with E-state index in [0.29, 0.717) is 17.7 Å². The molecule has 0 aromatic heterocycles. The van der Waals surface area contributed by atoms with Crippen molar-refractivity contribution in [2.24, 2.45) is 0 Å². The number of rotatable bonds is 2. The van der Waals surface area contributed by atoms with Gasteiger partial charge >= 0.3 is 5.97 Å². The lowest BCUT2D eigenvalue weighted by Crippen LogP contribution is -2.38. The Balaban J connectivity index is 1.78. The maximum absolute atomic E-state index is 12.4. The van der Waals surface area contributed by atoms with Crippen LogP contribution < -0.4 is 5.32 Å². The Hall–Kier alpha value is -2.14. The number of nitrogens with one attached hydrogen (secondary N) is 1. The summed E-state index contributed by atoms with van der Waals surface area (Å²) in [5, 5.41) is 2.82. The van der Waals surface area contributed by atoms with E-state index in [0.717, 1.165) is 15.6 Å². The van der Waals surface area contributed by atoms with Crippen molar-refractivity contribution in [3.05, 3.63) is 63.6 Å². The molecule has 3 rings (SSSR count). The molecule has 0 saturated heterocycles. The second-order valence-corrected chi connectivity index (χ2v) is 6.12. The third-order valence-corrected chi connectivity index (χ3v) is 4.12. The molecule has 5 heteroatoms. The van der Waals surface area contributed by atoms with Crippen LogP contribution >= 0.6 is 15.9 Å². The minimum absolute atomic E-state index is 0.312. The first-order chi connectivity index (χ1) is 10.5. The molecule has 2 aromatic carbocycles. The van der Waals surface area contributed by atoms with Gasteiger partial charge in [-0.05, 0) is 42.3 Å². The summed E-state index contributed by atoms with van der Waals surface area (Å²) >= 11 is 3.38. The molecule has 0 radical (unpaired) electrons. The minimum Gasteiger partial charge on any atom is -0.448 e. The van der Waals surface area contributed by atoms with E-state index in [-0.39, 0.29) is 5.91 Å². The molecule has 0 fully saturated rings. The van der Waals surface area contributed by atoms with Gasteiger partial charge < -0.3 is 10.1 Å². The molecule has 1 atom stereocenters. The Morgan fingerprint density at radius 1 is 1.27 bits per heavy atom. The summed E-state index contributed by atoms with van der Waals surface area (Å²) in [4.78, 5) is 24.3. The van der Waals surface area contributed by atoms with Crippen molar-refractivity contribution in [2.75, 3.05) is 5.32 Å². The zero-order valence-electron chi connectivity index (χ0n) is 11.9. The average Bonchev–Trinajstić information content (AvgIpc) is 2.50. The lowest BCUT2D eigenvalue weighted by molar-refractivity contribution is -0.125. The van der Waals surface area contributed by atoms with Crippen LogP contribution in [0.15, 0.2) is 46.9 Å². The van der Waals surface area contributed by atoms with Crippen LogP contribution in [-0.4, -0.2) is 18.0 Å². The van der Waals surface area contributed by atoms with Crippen molar-refractivity contribution in [3.63, 3.8) is 0 Å². The first-order valence-corrected chi connectivity index (χ1v) is 7.70. The van der Waals surface area contributed by atoms with Gasteiger partial charge in [-0.15, -0.1) is 0 Å². The molecule has 0 spiro atoms. The Morgan fingerprint density at radius 3 is 2.82 bits per heavy atom. The molecule has 1 aliphatic heterocycles. The molecule has 1 N–H and O–H groups in total. The number of benzene rings is 2. The molecular weight excluding hydrogens is 346 g/mol. The summed E-state index contributed by atoms with van der Waals surface area (Å²) in [6.45, 7) is 1.91. The number of hydrogen-bond acceptors (Lipinski definition) is 3. The Kier molecular flexibility index (Phi) is 3.98. The average molecular weight is 360 g/mol. The second-order valence-electron chi connectivity index (χ2n) is 5.20. The van der Waals surface area contributed by atoms with E-state index in [2.05, 4.69) is 21.2 Å². The maximum Gasteiger partial charge on any atom is 0.339 e. The second kappa shape index (κ2) is 5.93. The highest BCUT2D eigenvalue weighted by molar-refractivity contribution is 9.10. The zero-order chi connectivity index (χ0) is 15.7. The van der Waals surface area contributed by atoms with Crippen molar-refractivity contribution in [1.82, 2.24) is 0 Å². The van der Waals surface area contributed by atoms with E-state index >= 15 is 0 Å². The highest BCUT2D eigenvalue weighted by atomic mass is 79.9. The molecule has 0 aliphatic carbocycles. The van der Waals surface area contributed by atoms with Crippen LogP contribution in [-0.2, 0) is 16.0 Å². The van der Waals surface area contributed by atoms with Crippen LogP contribution in [0.2, 0.25) is 0 Å². The van der Waals surface area contributed by atoms with Crippen LogP contribution in [0.5, 0.6) is 0 Å². The fourth-order valence-electron chi connectivity index (χ4n) is 2.46. The third-order valence-electron chi connectivity index (χ3n) is 3.63. The normalized spacial score (nSPS) is 16.6. The topological polar surface area (TPSA) is 55.4 Å². The lowest BCUT2D eigenvalue weighted by Gasteiger charge is -2.24. The fourth-order valence-corrected chi connectivity index (χ4v) is 2.93. The highest BCUT2D eigenvalue weighted by Crippen LogP contribution is 2.23. The van der Waals surface area contributed by atoms with Gasteiger partial charge in [0.15, 0.2) is 6.10 Å². The van der Waals surface area contributed by atoms with E-state index in [9.17, 15) is 9.59 Å². The van der Waals surface area contributed by atoms with Crippen molar-refractivity contribution in [2.45, 2.75) is 19.4 Å². The predicted octanol–water partition coefficient (Wildman–Crippen LogP) is 3.48. The molecule has 1 aliphatic rings. The number of carbonyl (C=O) groups excluding carboxylic acids is 2. The van der Waals surface area contributed by atoms with Gasteiger partial charge in [-0.25, -0.2) is 4.79 Å². The molecule has 1 amide bonds. The van der Waals surface area contributed by atoms with Gasteiger partial charge in [0.05, 0.1) is 5.56 Å². The molecule has 0 bridgehead atoms. The maximum atomic E-state index is 12.4. The molecule has 2 aromatic rings. The predicted molar refractivity (Wildman–Crippen MR) is 86.9 cm³/mol. The van der Waals surface area contributed by atoms with Gasteiger partial charge in [-0.3, -0.25) is 4.79 Å². The first kappa shape index (κ1) is 14.8. The van der Waals surface area contributed by atoms with Gasteiger partial charge in [-0.2, -0.15) is 0 Å². The molecule has 22 heavy (non-hydrogen) atoms. The Morgan fingerprint density at radius 2 is 2.05 bits per heavy atom. The summed E-state index contributed by atoms with van der Waals surface area (Å²) in [6.07, 6.45) is -0.408. The zero-order valence-corrected chi connectivity index (χ0v) is 13.5. The SMILES string of the molecule is Cc1cc(Br)ccc1NC(=O)[C@@H]1Cc2ccccc2C(=O)O1. The van der Waals surface area contributed by atoms with Crippen LogP contribution in [0.4, 0.5) is 5.69 Å².